The summed E-state index contributed by atoms with van der Waals surface area (Å²) in [5.74, 6) is 3.42. The number of ether oxygens (including phenoxy) is 3. The van der Waals surface area contributed by atoms with Crippen molar-refractivity contribution in [1.82, 2.24) is 9.80 Å². The van der Waals surface area contributed by atoms with E-state index in [1.165, 1.54) is 18.4 Å². The minimum Gasteiger partial charge on any atom is -0.493 e. The number of benzene rings is 1. The molecule has 0 aromatic heterocycles. The Bertz CT molecular complexity index is 803. The molecule has 2 N–H and O–H groups in total. The summed E-state index contributed by atoms with van der Waals surface area (Å²) in [6, 6.07) is 4.60. The van der Waals surface area contributed by atoms with E-state index >= 15 is 0 Å². The molecule has 3 atom stereocenters. The Labute approximate surface area is 212 Å². The number of carbonyl (C=O) groups excluding carboxylic acids is 1. The van der Waals surface area contributed by atoms with Gasteiger partial charge in [0.05, 0.1) is 13.7 Å². The molecule has 0 aliphatic carbocycles. The van der Waals surface area contributed by atoms with E-state index in [1.54, 1.807) is 7.11 Å². The molecule has 2 unspecified atom stereocenters. The maximum atomic E-state index is 13.4. The Kier molecular flexibility index (Phi) is 11.0. The van der Waals surface area contributed by atoms with Gasteiger partial charge in [-0.15, -0.1) is 0 Å². The highest BCUT2D eigenvalue weighted by Gasteiger charge is 2.36. The summed E-state index contributed by atoms with van der Waals surface area (Å²) >= 11 is 0. The molecule has 1 amide bonds. The number of carbonyl (C=O) groups is 1. The highest BCUT2D eigenvalue weighted by atomic mass is 16.7. The first kappa shape index (κ1) is 27.6. The van der Waals surface area contributed by atoms with Gasteiger partial charge in [-0.2, -0.15) is 0 Å². The number of unbranched alkanes of at least 4 members (excludes halogenated alkanes) is 2. The summed E-state index contributed by atoms with van der Waals surface area (Å²) in [6.07, 6.45) is 8.67. The fourth-order valence-corrected chi connectivity index (χ4v) is 5.56. The Morgan fingerprint density at radius 3 is 2.71 bits per heavy atom. The predicted molar refractivity (Wildman–Crippen MR) is 140 cm³/mol. The van der Waals surface area contributed by atoms with Gasteiger partial charge in [-0.05, 0) is 68.2 Å². The van der Waals surface area contributed by atoms with Crippen molar-refractivity contribution in [3.8, 4) is 17.2 Å². The van der Waals surface area contributed by atoms with Gasteiger partial charge in [0, 0.05) is 25.7 Å². The van der Waals surface area contributed by atoms with Crippen LogP contribution < -0.4 is 19.9 Å². The third-order valence-electron chi connectivity index (χ3n) is 7.49. The lowest BCUT2D eigenvalue weighted by Gasteiger charge is -2.30. The third-order valence-corrected chi connectivity index (χ3v) is 7.49. The predicted octanol–water partition coefficient (Wildman–Crippen LogP) is 4.78. The van der Waals surface area contributed by atoms with Gasteiger partial charge < -0.3 is 24.8 Å². The van der Waals surface area contributed by atoms with Gasteiger partial charge >= 0.3 is 0 Å². The number of amides is 1. The van der Waals surface area contributed by atoms with Gasteiger partial charge in [0.2, 0.25) is 18.4 Å². The summed E-state index contributed by atoms with van der Waals surface area (Å²) < 4.78 is 16.9. The first-order valence-electron chi connectivity index (χ1n) is 13.7. The lowest BCUT2D eigenvalue weighted by Crippen LogP contribution is -2.43. The van der Waals surface area contributed by atoms with Gasteiger partial charge in [-0.25, -0.2) is 0 Å². The molecular formula is C28H47N3O4. The second kappa shape index (κ2) is 13.9. The molecular weight excluding hydrogens is 442 g/mol. The number of hydrogen-bond acceptors (Lipinski definition) is 6. The Morgan fingerprint density at radius 1 is 1.20 bits per heavy atom. The summed E-state index contributed by atoms with van der Waals surface area (Å²) in [5.41, 5.74) is 6.91. The Morgan fingerprint density at radius 2 is 2.00 bits per heavy atom. The summed E-state index contributed by atoms with van der Waals surface area (Å²) in [6.45, 7) is 10.7. The number of fused-ring (bicyclic) bond motifs is 1. The van der Waals surface area contributed by atoms with Crippen LogP contribution in [0.2, 0.25) is 0 Å². The first-order valence-corrected chi connectivity index (χ1v) is 13.7. The molecule has 35 heavy (non-hydrogen) atoms. The van der Waals surface area contributed by atoms with Gasteiger partial charge in [-0.1, -0.05) is 40.0 Å². The molecule has 1 aromatic carbocycles. The van der Waals surface area contributed by atoms with Crippen molar-refractivity contribution in [3.63, 3.8) is 0 Å². The van der Waals surface area contributed by atoms with Crippen LogP contribution in [0.25, 0.3) is 0 Å². The van der Waals surface area contributed by atoms with E-state index in [2.05, 4.69) is 42.7 Å². The molecule has 7 nitrogen and oxygen atoms in total. The van der Waals surface area contributed by atoms with Crippen LogP contribution in [0.3, 0.4) is 0 Å². The van der Waals surface area contributed by atoms with Crippen LogP contribution in [0.5, 0.6) is 17.2 Å². The molecule has 2 aliphatic rings. The molecule has 1 aromatic rings. The molecule has 3 rings (SSSR count). The van der Waals surface area contributed by atoms with Crippen molar-refractivity contribution < 1.29 is 19.0 Å². The van der Waals surface area contributed by atoms with Crippen LogP contribution in [0.4, 0.5) is 0 Å². The SMILES string of the molecule is CCCCN(CCCCN)C(=O)CN1CC(c2cc(OC)c3c(c2)OCO3)C[C@@H]1CC(C)CCC. The zero-order valence-electron chi connectivity index (χ0n) is 22.4. The third kappa shape index (κ3) is 7.50. The molecule has 198 valence electrons. The number of methoxy groups -OCH3 is 1. The minimum absolute atomic E-state index is 0.231. The van der Waals surface area contributed by atoms with Crippen LogP contribution in [0, 0.1) is 5.92 Å². The van der Waals surface area contributed by atoms with E-state index in [9.17, 15) is 4.79 Å². The Hall–Kier alpha value is -1.99. The van der Waals surface area contributed by atoms with Crippen LogP contribution >= 0.6 is 0 Å². The molecule has 7 heteroatoms. The van der Waals surface area contributed by atoms with E-state index in [1.807, 2.05) is 0 Å². The maximum absolute atomic E-state index is 13.4. The number of nitrogens with zero attached hydrogens (tertiary/aromatic N) is 2. The molecule has 1 fully saturated rings. The van der Waals surface area contributed by atoms with Crippen molar-refractivity contribution in [1.29, 1.82) is 0 Å². The molecule has 2 aliphatic heterocycles. The van der Waals surface area contributed by atoms with Crippen LogP contribution in [-0.2, 0) is 4.79 Å². The fourth-order valence-electron chi connectivity index (χ4n) is 5.56. The molecule has 0 bridgehead atoms. The van der Waals surface area contributed by atoms with Crippen LogP contribution in [-0.4, -0.2) is 68.4 Å². The average molecular weight is 490 g/mol. The second-order valence-corrected chi connectivity index (χ2v) is 10.3. The molecule has 1 saturated heterocycles. The van der Waals surface area contributed by atoms with Crippen LogP contribution in [0.1, 0.15) is 83.6 Å². The smallest absolute Gasteiger partial charge is 0.236 e. The lowest BCUT2D eigenvalue weighted by atomic mass is 9.91. The summed E-state index contributed by atoms with van der Waals surface area (Å²) in [5, 5.41) is 0. The van der Waals surface area contributed by atoms with Gasteiger partial charge in [-0.3, -0.25) is 9.69 Å². The second-order valence-electron chi connectivity index (χ2n) is 10.3. The largest absolute Gasteiger partial charge is 0.493 e. The van der Waals surface area contributed by atoms with E-state index in [4.69, 9.17) is 19.9 Å². The topological polar surface area (TPSA) is 77.3 Å². The van der Waals surface area contributed by atoms with E-state index < -0.39 is 0 Å². The maximum Gasteiger partial charge on any atom is 0.236 e. The quantitative estimate of drug-likeness (QED) is 0.358. The molecule has 0 radical (unpaired) electrons. The highest BCUT2D eigenvalue weighted by molar-refractivity contribution is 5.78. The number of likely N-dealkylation sites (tertiary alicyclic amines) is 1. The average Bonchev–Trinajstić information content (AvgIpc) is 3.48. The van der Waals surface area contributed by atoms with Crippen molar-refractivity contribution >= 4 is 5.91 Å². The van der Waals surface area contributed by atoms with Crippen molar-refractivity contribution in [2.45, 2.75) is 84.1 Å². The van der Waals surface area contributed by atoms with Crippen molar-refractivity contribution in [3.05, 3.63) is 17.7 Å². The standard InChI is InChI=1S/C28H47N3O4/c1-5-7-12-30(13-9-8-11-29)27(32)19-31-18-23(15-24(31)14-21(3)10-6-2)22-16-25(33-4)28-26(17-22)34-20-35-28/h16-17,21,23-24H,5-15,18-20,29H2,1-4H3/t21?,23?,24-/m0/s1. The lowest BCUT2D eigenvalue weighted by molar-refractivity contribution is -0.132. The molecule has 0 saturated carbocycles. The molecule has 2 heterocycles. The highest BCUT2D eigenvalue weighted by Crippen LogP contribution is 2.45. The fraction of sp³-hybridized carbons (Fsp3) is 0.750. The monoisotopic (exact) mass is 489 g/mol. The van der Waals surface area contributed by atoms with Crippen LogP contribution in [0.15, 0.2) is 12.1 Å². The van der Waals surface area contributed by atoms with Crippen molar-refractivity contribution in [2.24, 2.45) is 11.7 Å². The summed E-state index contributed by atoms with van der Waals surface area (Å²) in [4.78, 5) is 18.0. The van der Waals surface area contributed by atoms with E-state index in [0.29, 0.717) is 36.7 Å². The van der Waals surface area contributed by atoms with E-state index in [0.717, 1.165) is 69.7 Å². The zero-order chi connectivity index (χ0) is 25.2. The number of rotatable bonds is 15. The zero-order valence-corrected chi connectivity index (χ0v) is 22.4. The first-order chi connectivity index (χ1) is 17.0. The summed E-state index contributed by atoms with van der Waals surface area (Å²) in [7, 11) is 1.67. The molecule has 0 spiro atoms. The van der Waals surface area contributed by atoms with Gasteiger partial charge in [0.15, 0.2) is 11.5 Å². The number of nitrogens with two attached hydrogens (primary N) is 1. The number of hydrogen-bond donors (Lipinski definition) is 1. The van der Waals surface area contributed by atoms with E-state index in [-0.39, 0.29) is 12.7 Å². The van der Waals surface area contributed by atoms with Gasteiger partial charge in [0.25, 0.3) is 0 Å². The Balaban J connectivity index is 1.75. The van der Waals surface area contributed by atoms with Crippen molar-refractivity contribution in [2.75, 3.05) is 46.6 Å². The minimum atomic E-state index is 0.231. The van der Waals surface area contributed by atoms with Gasteiger partial charge in [0.1, 0.15) is 0 Å². The normalized spacial score (nSPS) is 20.3.